The molecule has 0 aliphatic heterocycles. The second-order valence-corrected chi connectivity index (χ2v) is 4.30. The Morgan fingerprint density at radius 2 is 2.15 bits per heavy atom. The van der Waals surface area contributed by atoms with Crippen molar-refractivity contribution in [1.82, 2.24) is 9.88 Å². The molecule has 0 radical (unpaired) electrons. The standard InChI is InChI=1S/C15H15FN2O2/c1-2-18(10-11-5-3-4-8-17-11)15(20)13-7-6-12(19)9-14(13)16/h3-9,19H,2,10H2,1H3. The van der Waals surface area contributed by atoms with Crippen LogP contribution >= 0.6 is 0 Å². The second-order valence-electron chi connectivity index (χ2n) is 4.30. The summed E-state index contributed by atoms with van der Waals surface area (Å²) in [6.45, 7) is 2.57. The smallest absolute Gasteiger partial charge is 0.257 e. The van der Waals surface area contributed by atoms with E-state index in [-0.39, 0.29) is 11.3 Å². The van der Waals surface area contributed by atoms with Crippen LogP contribution in [0.25, 0.3) is 0 Å². The molecule has 104 valence electrons. The van der Waals surface area contributed by atoms with Gasteiger partial charge in [-0.25, -0.2) is 4.39 Å². The molecule has 1 aromatic heterocycles. The number of carbonyl (C=O) groups is 1. The minimum absolute atomic E-state index is 0.0550. The summed E-state index contributed by atoms with van der Waals surface area (Å²) in [6.07, 6.45) is 1.65. The van der Waals surface area contributed by atoms with E-state index in [1.807, 2.05) is 19.1 Å². The maximum Gasteiger partial charge on any atom is 0.257 e. The number of rotatable bonds is 4. The highest BCUT2D eigenvalue weighted by Crippen LogP contribution is 2.17. The normalized spacial score (nSPS) is 10.3. The molecule has 2 rings (SSSR count). The number of benzene rings is 1. The van der Waals surface area contributed by atoms with Crippen molar-refractivity contribution in [1.29, 1.82) is 0 Å². The average Bonchev–Trinajstić information content (AvgIpc) is 2.45. The number of phenolic OH excluding ortho intramolecular Hbond substituents is 1. The Hall–Kier alpha value is -2.43. The van der Waals surface area contributed by atoms with Crippen molar-refractivity contribution in [2.45, 2.75) is 13.5 Å². The van der Waals surface area contributed by atoms with Gasteiger partial charge in [0.05, 0.1) is 17.8 Å². The van der Waals surface area contributed by atoms with Crippen molar-refractivity contribution in [3.8, 4) is 5.75 Å². The highest BCUT2D eigenvalue weighted by molar-refractivity contribution is 5.94. The zero-order valence-corrected chi connectivity index (χ0v) is 11.1. The number of aromatic hydroxyl groups is 1. The monoisotopic (exact) mass is 274 g/mol. The first-order chi connectivity index (χ1) is 9.61. The fourth-order valence-corrected chi connectivity index (χ4v) is 1.86. The van der Waals surface area contributed by atoms with Gasteiger partial charge in [0.2, 0.25) is 0 Å². The molecule has 0 bridgehead atoms. The first-order valence-corrected chi connectivity index (χ1v) is 6.29. The second kappa shape index (κ2) is 6.14. The number of hydrogen-bond acceptors (Lipinski definition) is 3. The van der Waals surface area contributed by atoms with Gasteiger partial charge in [-0.05, 0) is 31.2 Å². The lowest BCUT2D eigenvalue weighted by Gasteiger charge is -2.20. The Labute approximate surface area is 116 Å². The number of pyridine rings is 1. The Bertz CT molecular complexity index is 602. The predicted octanol–water partition coefficient (Wildman–Crippen LogP) is 2.59. The predicted molar refractivity (Wildman–Crippen MR) is 72.7 cm³/mol. The summed E-state index contributed by atoms with van der Waals surface area (Å²) in [5.74, 6) is -1.35. The molecule has 0 atom stereocenters. The lowest BCUT2D eigenvalue weighted by Crippen LogP contribution is -2.31. The van der Waals surface area contributed by atoms with Crippen LogP contribution in [-0.4, -0.2) is 27.4 Å². The zero-order valence-electron chi connectivity index (χ0n) is 11.1. The van der Waals surface area contributed by atoms with E-state index in [1.54, 1.807) is 12.3 Å². The van der Waals surface area contributed by atoms with Gasteiger partial charge >= 0.3 is 0 Å². The molecule has 4 nitrogen and oxygen atoms in total. The fraction of sp³-hybridized carbons (Fsp3) is 0.200. The number of phenols is 1. The van der Waals surface area contributed by atoms with E-state index in [0.717, 1.165) is 11.8 Å². The molecular formula is C15H15FN2O2. The number of amides is 1. The molecule has 0 fully saturated rings. The van der Waals surface area contributed by atoms with Crippen LogP contribution < -0.4 is 0 Å². The summed E-state index contributed by atoms with van der Waals surface area (Å²) in [6, 6.07) is 8.95. The molecule has 0 aliphatic rings. The first-order valence-electron chi connectivity index (χ1n) is 6.29. The number of carbonyl (C=O) groups excluding carboxylic acids is 1. The van der Waals surface area contributed by atoms with Gasteiger partial charge in [-0.15, -0.1) is 0 Å². The molecule has 1 aromatic carbocycles. The third kappa shape index (κ3) is 3.12. The van der Waals surface area contributed by atoms with E-state index in [4.69, 9.17) is 0 Å². The van der Waals surface area contributed by atoms with Crippen molar-refractivity contribution >= 4 is 5.91 Å². The average molecular weight is 274 g/mol. The highest BCUT2D eigenvalue weighted by atomic mass is 19.1. The van der Waals surface area contributed by atoms with Gasteiger partial charge < -0.3 is 10.0 Å². The van der Waals surface area contributed by atoms with Crippen LogP contribution in [0.5, 0.6) is 5.75 Å². The molecule has 0 unspecified atom stereocenters. The van der Waals surface area contributed by atoms with Gasteiger partial charge in [0.25, 0.3) is 5.91 Å². The van der Waals surface area contributed by atoms with Gasteiger partial charge in [-0.2, -0.15) is 0 Å². The zero-order chi connectivity index (χ0) is 14.5. The summed E-state index contributed by atoms with van der Waals surface area (Å²) in [5, 5.41) is 9.18. The van der Waals surface area contributed by atoms with E-state index in [2.05, 4.69) is 4.98 Å². The minimum Gasteiger partial charge on any atom is -0.508 e. The number of nitrogens with zero attached hydrogens (tertiary/aromatic N) is 2. The molecule has 1 heterocycles. The number of aromatic nitrogens is 1. The van der Waals surface area contributed by atoms with Crippen LogP contribution in [0, 0.1) is 5.82 Å². The van der Waals surface area contributed by atoms with Crippen LogP contribution in [0.4, 0.5) is 4.39 Å². The van der Waals surface area contributed by atoms with Crippen molar-refractivity contribution in [3.63, 3.8) is 0 Å². The van der Waals surface area contributed by atoms with Crippen LogP contribution in [0.1, 0.15) is 23.0 Å². The maximum absolute atomic E-state index is 13.7. The molecule has 1 amide bonds. The Balaban J connectivity index is 2.21. The van der Waals surface area contributed by atoms with Gasteiger partial charge in [0.15, 0.2) is 0 Å². The number of halogens is 1. The van der Waals surface area contributed by atoms with E-state index >= 15 is 0 Å². The van der Waals surface area contributed by atoms with Crippen molar-refractivity contribution in [2.24, 2.45) is 0 Å². The van der Waals surface area contributed by atoms with Gasteiger partial charge in [-0.1, -0.05) is 6.07 Å². The largest absolute Gasteiger partial charge is 0.508 e. The summed E-state index contributed by atoms with van der Waals surface area (Å²) in [5.41, 5.74) is 0.683. The highest BCUT2D eigenvalue weighted by Gasteiger charge is 2.18. The number of hydrogen-bond donors (Lipinski definition) is 1. The van der Waals surface area contributed by atoms with Gasteiger partial charge in [-0.3, -0.25) is 9.78 Å². The Morgan fingerprint density at radius 3 is 2.75 bits per heavy atom. The van der Waals surface area contributed by atoms with Crippen LogP contribution in [0.15, 0.2) is 42.6 Å². The fourth-order valence-electron chi connectivity index (χ4n) is 1.86. The van der Waals surface area contributed by atoms with Crippen LogP contribution in [0.3, 0.4) is 0 Å². The lowest BCUT2D eigenvalue weighted by atomic mass is 10.1. The van der Waals surface area contributed by atoms with Gasteiger partial charge in [0.1, 0.15) is 11.6 Å². The summed E-state index contributed by atoms with van der Waals surface area (Å²) >= 11 is 0. The molecule has 0 saturated heterocycles. The molecule has 1 N–H and O–H groups in total. The molecule has 0 aliphatic carbocycles. The molecule has 0 saturated carbocycles. The van der Waals surface area contributed by atoms with E-state index < -0.39 is 11.7 Å². The third-order valence-electron chi connectivity index (χ3n) is 2.93. The molecule has 5 heteroatoms. The maximum atomic E-state index is 13.7. The Morgan fingerprint density at radius 1 is 1.35 bits per heavy atom. The molecule has 2 aromatic rings. The molecule has 20 heavy (non-hydrogen) atoms. The van der Waals surface area contributed by atoms with Crippen LogP contribution in [-0.2, 0) is 6.54 Å². The SMILES string of the molecule is CCN(Cc1ccccn1)C(=O)c1ccc(O)cc1F. The van der Waals surface area contributed by atoms with Crippen molar-refractivity contribution in [2.75, 3.05) is 6.54 Å². The van der Waals surface area contributed by atoms with Crippen molar-refractivity contribution < 1.29 is 14.3 Å². The molecular weight excluding hydrogens is 259 g/mol. The van der Waals surface area contributed by atoms with E-state index in [0.29, 0.717) is 13.1 Å². The summed E-state index contributed by atoms with van der Waals surface area (Å²) in [4.78, 5) is 17.9. The third-order valence-corrected chi connectivity index (χ3v) is 2.93. The minimum atomic E-state index is -0.727. The summed E-state index contributed by atoms with van der Waals surface area (Å²) in [7, 11) is 0. The van der Waals surface area contributed by atoms with E-state index in [9.17, 15) is 14.3 Å². The van der Waals surface area contributed by atoms with Crippen LogP contribution in [0.2, 0.25) is 0 Å². The molecule has 0 spiro atoms. The first kappa shape index (κ1) is 14.0. The van der Waals surface area contributed by atoms with E-state index in [1.165, 1.54) is 17.0 Å². The quantitative estimate of drug-likeness (QED) is 0.932. The van der Waals surface area contributed by atoms with Crippen molar-refractivity contribution in [3.05, 3.63) is 59.7 Å². The topological polar surface area (TPSA) is 53.4 Å². The summed E-state index contributed by atoms with van der Waals surface area (Å²) < 4.78 is 13.7. The Kier molecular flexibility index (Phi) is 4.30. The lowest BCUT2D eigenvalue weighted by molar-refractivity contribution is 0.0746. The van der Waals surface area contributed by atoms with Gasteiger partial charge in [0, 0.05) is 18.8 Å².